The quantitative estimate of drug-likeness (QED) is 0.262. The first-order valence-corrected chi connectivity index (χ1v) is 17.3. The molecule has 0 spiro atoms. The van der Waals surface area contributed by atoms with Crippen LogP contribution in [-0.4, -0.2) is 102 Å². The maximum absolute atomic E-state index is 13.9. The molecule has 1 N–H and O–H groups in total. The zero-order valence-corrected chi connectivity index (χ0v) is 24.8. The van der Waals surface area contributed by atoms with Gasteiger partial charge in [0.1, 0.15) is 28.9 Å². The highest BCUT2D eigenvalue weighted by molar-refractivity contribution is 8.15. The number of hydrogen-bond acceptors (Lipinski definition) is 9. The Morgan fingerprint density at radius 2 is 2.02 bits per heavy atom. The first-order valence-electron chi connectivity index (χ1n) is 13.4. The first kappa shape index (κ1) is 27.9. The number of benzene rings is 1. The molecule has 2 aliphatic heterocycles. The fourth-order valence-electron chi connectivity index (χ4n) is 5.05. The summed E-state index contributed by atoms with van der Waals surface area (Å²) in [6.07, 6.45) is 3.06. The fourth-order valence-corrected chi connectivity index (χ4v) is 8.97. The summed E-state index contributed by atoms with van der Waals surface area (Å²) in [7, 11) is -2.29. The molecular formula is C27H33N5O5S3. The number of pyridine rings is 1. The molecule has 13 heteroatoms. The van der Waals surface area contributed by atoms with Crippen molar-refractivity contribution in [2.75, 3.05) is 62.3 Å². The van der Waals surface area contributed by atoms with E-state index in [0.717, 1.165) is 72.2 Å². The van der Waals surface area contributed by atoms with Crippen LogP contribution in [0.1, 0.15) is 18.5 Å². The lowest BCUT2D eigenvalue weighted by molar-refractivity contribution is 0.146. The van der Waals surface area contributed by atoms with E-state index < -0.39 is 21.2 Å². The molecule has 0 radical (unpaired) electrons. The first-order chi connectivity index (χ1) is 19.4. The van der Waals surface area contributed by atoms with Crippen molar-refractivity contribution in [1.82, 2.24) is 14.9 Å². The van der Waals surface area contributed by atoms with Crippen LogP contribution in [0.5, 0.6) is 5.75 Å². The molecule has 2 aromatic heterocycles. The lowest BCUT2D eigenvalue weighted by Crippen LogP contribution is -2.43. The van der Waals surface area contributed by atoms with Crippen molar-refractivity contribution in [3.05, 3.63) is 48.3 Å². The zero-order valence-electron chi connectivity index (χ0n) is 22.3. The topological polar surface area (TPSA) is 123 Å². The molecule has 1 aromatic carbocycles. The van der Waals surface area contributed by atoms with Crippen molar-refractivity contribution < 1.29 is 22.4 Å². The third-order valence-corrected chi connectivity index (χ3v) is 11.5. The number of nitrogens with one attached hydrogen (secondary N) is 1. The molecule has 2 fully saturated rings. The fraction of sp³-hybridized carbons (Fsp3) is 0.481. The number of thioether (sulfide) groups is 1. The van der Waals surface area contributed by atoms with E-state index >= 15 is 0 Å². The SMILES string of the molecule is COCCOc1cc(N(C2CC2)S(=O)(=O)c2ccccn2)c2[nH]c(C3=NCC(CN4CC[S+]([O-])CC4)S3)cc2c1. The summed E-state index contributed by atoms with van der Waals surface area (Å²) in [5.41, 5.74) is 2.14. The van der Waals surface area contributed by atoms with Crippen molar-refractivity contribution in [2.45, 2.75) is 29.2 Å². The molecule has 10 nitrogen and oxygen atoms in total. The molecule has 0 amide bonds. The van der Waals surface area contributed by atoms with Gasteiger partial charge in [-0.1, -0.05) is 29.0 Å². The molecule has 1 atom stereocenters. The minimum atomic E-state index is -3.90. The van der Waals surface area contributed by atoms with Gasteiger partial charge in [0, 0.05) is 55.7 Å². The Bertz CT molecular complexity index is 1470. The van der Waals surface area contributed by atoms with Gasteiger partial charge < -0.3 is 19.0 Å². The average Bonchev–Trinajstić information content (AvgIpc) is 3.50. The lowest BCUT2D eigenvalue weighted by atomic mass is 10.2. The number of sulfonamides is 1. The van der Waals surface area contributed by atoms with Gasteiger partial charge in [-0.15, -0.1) is 0 Å². The van der Waals surface area contributed by atoms with E-state index in [-0.39, 0.29) is 11.1 Å². The summed E-state index contributed by atoms with van der Waals surface area (Å²) < 4.78 is 52.1. The lowest BCUT2D eigenvalue weighted by Gasteiger charge is -2.29. The Morgan fingerprint density at radius 3 is 2.75 bits per heavy atom. The van der Waals surface area contributed by atoms with Gasteiger partial charge in [-0.05, 0) is 37.1 Å². The normalized spacial score (nSPS) is 20.6. The largest absolute Gasteiger partial charge is 0.616 e. The summed E-state index contributed by atoms with van der Waals surface area (Å²) >= 11 is 1.05. The number of fused-ring (bicyclic) bond motifs is 1. The number of hydrogen-bond donors (Lipinski definition) is 1. The van der Waals surface area contributed by atoms with Crippen LogP contribution >= 0.6 is 11.8 Å². The highest BCUT2D eigenvalue weighted by Crippen LogP contribution is 2.42. The summed E-state index contributed by atoms with van der Waals surface area (Å²) in [5.74, 6) is 2.06. The van der Waals surface area contributed by atoms with E-state index in [1.165, 1.54) is 16.6 Å². The van der Waals surface area contributed by atoms with Crippen LogP contribution in [0, 0.1) is 0 Å². The van der Waals surface area contributed by atoms with E-state index in [1.54, 1.807) is 37.1 Å². The van der Waals surface area contributed by atoms with Gasteiger partial charge in [-0.3, -0.25) is 14.2 Å². The monoisotopic (exact) mass is 603 g/mol. The zero-order chi connectivity index (χ0) is 27.7. The number of H-pyrrole nitrogens is 1. The molecule has 1 unspecified atom stereocenters. The highest BCUT2D eigenvalue weighted by atomic mass is 32.2. The van der Waals surface area contributed by atoms with E-state index in [0.29, 0.717) is 29.9 Å². The van der Waals surface area contributed by atoms with Gasteiger partial charge in [-0.25, -0.2) is 4.98 Å². The number of anilines is 1. The molecule has 0 bridgehead atoms. The van der Waals surface area contributed by atoms with Crippen molar-refractivity contribution >= 4 is 54.6 Å². The summed E-state index contributed by atoms with van der Waals surface area (Å²) in [5, 5.41) is 2.12. The number of aliphatic imine (C=N–C) groups is 1. The Labute approximate surface area is 241 Å². The standard InChI is InChI=1S/C27H33N5O5S3/c1-36-10-11-37-21-14-19-15-23(27-29-17-22(38-27)18-31-8-12-39(33)13-9-31)30-26(19)24(16-21)32(20-5-6-20)40(34,35)25-4-2-3-7-28-25/h2-4,7,14-16,20,22,30H,5-6,8-13,17-18H2,1H3. The summed E-state index contributed by atoms with van der Waals surface area (Å²) in [4.78, 5) is 14.9. The van der Waals surface area contributed by atoms with E-state index in [9.17, 15) is 13.0 Å². The van der Waals surface area contributed by atoms with Gasteiger partial charge in [0.25, 0.3) is 10.0 Å². The molecule has 3 aliphatic rings. The van der Waals surface area contributed by atoms with Crippen molar-refractivity contribution in [3.63, 3.8) is 0 Å². The van der Waals surface area contributed by atoms with Crippen LogP contribution in [0.3, 0.4) is 0 Å². The van der Waals surface area contributed by atoms with Crippen LogP contribution in [0.15, 0.2) is 52.6 Å². The van der Waals surface area contributed by atoms with Crippen LogP contribution in [0.4, 0.5) is 5.69 Å². The van der Waals surface area contributed by atoms with Crippen LogP contribution in [-0.2, 0) is 25.9 Å². The Morgan fingerprint density at radius 1 is 1.20 bits per heavy atom. The third kappa shape index (κ3) is 6.00. The van der Waals surface area contributed by atoms with E-state index in [1.807, 2.05) is 12.1 Å². The van der Waals surface area contributed by atoms with Crippen LogP contribution in [0.2, 0.25) is 0 Å². The molecule has 4 heterocycles. The Kier molecular flexibility index (Phi) is 8.29. The maximum Gasteiger partial charge on any atom is 0.282 e. The molecule has 1 saturated carbocycles. The molecule has 40 heavy (non-hydrogen) atoms. The Balaban J connectivity index is 1.32. The number of aromatic amines is 1. The van der Waals surface area contributed by atoms with Gasteiger partial charge in [0.15, 0.2) is 5.03 Å². The second kappa shape index (κ2) is 11.9. The van der Waals surface area contributed by atoms with Crippen LogP contribution < -0.4 is 9.04 Å². The average molecular weight is 604 g/mol. The molecule has 6 rings (SSSR count). The van der Waals surface area contributed by atoms with E-state index in [4.69, 9.17) is 14.5 Å². The molecule has 3 aromatic rings. The minimum absolute atomic E-state index is 0.0210. The predicted octanol–water partition coefficient (Wildman–Crippen LogP) is 2.87. The second-order valence-electron chi connectivity index (χ2n) is 10.2. The number of nitrogens with zero attached hydrogens (tertiary/aromatic N) is 4. The smallest absolute Gasteiger partial charge is 0.282 e. The number of methoxy groups -OCH3 is 1. The molecular weight excluding hydrogens is 571 g/mol. The van der Waals surface area contributed by atoms with Gasteiger partial charge in [-0.2, -0.15) is 8.42 Å². The number of aromatic nitrogens is 2. The Hall–Kier alpha value is -2.29. The maximum atomic E-state index is 13.9. The third-order valence-electron chi connectivity index (χ3n) is 7.19. The van der Waals surface area contributed by atoms with Crippen molar-refractivity contribution in [2.24, 2.45) is 4.99 Å². The van der Waals surface area contributed by atoms with Crippen molar-refractivity contribution in [1.29, 1.82) is 0 Å². The highest BCUT2D eigenvalue weighted by Gasteiger charge is 2.40. The second-order valence-corrected chi connectivity index (χ2v) is 14.9. The van der Waals surface area contributed by atoms with Crippen molar-refractivity contribution in [3.8, 4) is 5.75 Å². The molecule has 1 aliphatic carbocycles. The van der Waals surface area contributed by atoms with Gasteiger partial charge in [0.2, 0.25) is 0 Å². The number of rotatable bonds is 11. The summed E-state index contributed by atoms with van der Waals surface area (Å²) in [6, 6.07) is 10.5. The van der Waals surface area contributed by atoms with Gasteiger partial charge in [0.05, 0.1) is 30.0 Å². The van der Waals surface area contributed by atoms with E-state index in [2.05, 4.69) is 14.9 Å². The predicted molar refractivity (Wildman–Crippen MR) is 160 cm³/mol. The number of ether oxygens (including phenoxy) is 2. The van der Waals surface area contributed by atoms with Gasteiger partial charge >= 0.3 is 0 Å². The molecule has 1 saturated heterocycles. The molecule has 214 valence electrons. The van der Waals surface area contributed by atoms with Crippen LogP contribution in [0.25, 0.3) is 10.9 Å². The summed E-state index contributed by atoms with van der Waals surface area (Å²) in [6.45, 7) is 4.13. The minimum Gasteiger partial charge on any atom is -0.616 e.